The summed E-state index contributed by atoms with van der Waals surface area (Å²) in [4.78, 5) is 15.8. The van der Waals surface area contributed by atoms with Crippen LogP contribution in [-0.4, -0.2) is 25.7 Å². The number of hydrogen-bond acceptors (Lipinski definition) is 4. The van der Waals surface area contributed by atoms with Crippen molar-refractivity contribution < 1.29 is 9.90 Å². The van der Waals surface area contributed by atoms with Gasteiger partial charge in [-0.25, -0.2) is 14.3 Å². The second-order valence-corrected chi connectivity index (χ2v) is 6.37. The Balaban J connectivity index is 2.01. The van der Waals surface area contributed by atoms with Gasteiger partial charge in [-0.1, -0.05) is 23.7 Å². The third kappa shape index (κ3) is 2.55. The van der Waals surface area contributed by atoms with E-state index < -0.39 is 5.97 Å². The number of thiophene rings is 1. The van der Waals surface area contributed by atoms with Crippen LogP contribution >= 0.6 is 22.9 Å². The Hall–Kier alpha value is -2.70. The molecular weight excluding hydrogens is 346 g/mol. The smallest absolute Gasteiger partial charge is 0.356 e. The molecule has 0 bridgehead atoms. The zero-order valence-corrected chi connectivity index (χ0v) is 13.8. The second-order valence-electron chi connectivity index (χ2n) is 5.15. The minimum Gasteiger partial charge on any atom is -0.476 e. The molecule has 0 saturated heterocycles. The minimum absolute atomic E-state index is 0.0396. The maximum atomic E-state index is 11.2. The number of halogens is 1. The molecule has 0 aliphatic heterocycles. The number of aromatic carboxylic acids is 1. The first-order chi connectivity index (χ1) is 11.6. The molecule has 4 aromatic rings. The van der Waals surface area contributed by atoms with Gasteiger partial charge in [0.05, 0.1) is 11.4 Å². The first-order valence-electron chi connectivity index (χ1n) is 7.04. The Labute approximate surface area is 145 Å². The van der Waals surface area contributed by atoms with Crippen molar-refractivity contribution in [2.75, 3.05) is 0 Å². The number of carboxylic acids is 1. The molecule has 1 N–H and O–H groups in total. The van der Waals surface area contributed by atoms with Crippen molar-refractivity contribution in [2.45, 2.75) is 0 Å². The van der Waals surface area contributed by atoms with E-state index in [2.05, 4.69) is 10.1 Å². The maximum Gasteiger partial charge on any atom is 0.356 e. The third-order valence-electron chi connectivity index (χ3n) is 3.58. The van der Waals surface area contributed by atoms with Crippen LogP contribution < -0.4 is 0 Å². The van der Waals surface area contributed by atoms with Gasteiger partial charge in [-0.2, -0.15) is 16.4 Å². The van der Waals surface area contributed by atoms with E-state index in [1.54, 1.807) is 21.9 Å². The van der Waals surface area contributed by atoms with E-state index >= 15 is 0 Å². The fourth-order valence-electron chi connectivity index (χ4n) is 2.49. The highest BCUT2D eigenvalue weighted by Gasteiger charge is 2.15. The fourth-order valence-corrected chi connectivity index (χ4v) is 3.33. The molecule has 0 aliphatic carbocycles. The van der Waals surface area contributed by atoms with E-state index in [1.807, 2.05) is 41.1 Å². The third-order valence-corrected chi connectivity index (χ3v) is 4.50. The van der Waals surface area contributed by atoms with E-state index in [4.69, 9.17) is 11.6 Å². The van der Waals surface area contributed by atoms with Crippen LogP contribution in [0.3, 0.4) is 0 Å². The molecule has 1 aromatic carbocycles. The quantitative estimate of drug-likeness (QED) is 0.588. The first-order valence-corrected chi connectivity index (χ1v) is 8.36. The van der Waals surface area contributed by atoms with Gasteiger partial charge in [-0.3, -0.25) is 0 Å². The van der Waals surface area contributed by atoms with Crippen molar-refractivity contribution in [3.63, 3.8) is 0 Å². The molecule has 0 aliphatic rings. The zero-order chi connectivity index (χ0) is 16.7. The van der Waals surface area contributed by atoms with E-state index in [9.17, 15) is 9.90 Å². The van der Waals surface area contributed by atoms with Crippen molar-refractivity contribution in [3.8, 4) is 22.5 Å². The highest BCUT2D eigenvalue weighted by atomic mass is 35.5. The van der Waals surface area contributed by atoms with E-state index in [-0.39, 0.29) is 5.69 Å². The molecule has 0 saturated carbocycles. The summed E-state index contributed by atoms with van der Waals surface area (Å²) >= 11 is 7.64. The number of benzene rings is 1. The first kappa shape index (κ1) is 14.9. The highest BCUT2D eigenvalue weighted by molar-refractivity contribution is 7.08. The van der Waals surface area contributed by atoms with Crippen molar-refractivity contribution in [1.82, 2.24) is 14.6 Å². The summed E-state index contributed by atoms with van der Waals surface area (Å²) in [5, 5.41) is 17.9. The molecule has 7 heteroatoms. The SMILES string of the molecule is O=C(O)c1cc2nc(-c3cccc(Cl)c3)cc(-c3ccsc3)n2n1. The lowest BCUT2D eigenvalue weighted by molar-refractivity contribution is 0.0690. The van der Waals surface area contributed by atoms with Crippen molar-refractivity contribution in [3.05, 3.63) is 63.9 Å². The van der Waals surface area contributed by atoms with Gasteiger partial charge < -0.3 is 5.11 Å². The van der Waals surface area contributed by atoms with Crippen LogP contribution in [0.4, 0.5) is 0 Å². The Bertz CT molecular complexity index is 1060. The molecule has 24 heavy (non-hydrogen) atoms. The summed E-state index contributed by atoms with van der Waals surface area (Å²) < 4.78 is 1.56. The Kier molecular flexibility index (Phi) is 3.55. The number of nitrogens with zero attached hydrogens (tertiary/aromatic N) is 3. The van der Waals surface area contributed by atoms with Crippen LogP contribution in [0.1, 0.15) is 10.5 Å². The summed E-state index contributed by atoms with van der Waals surface area (Å²) in [5.41, 5.74) is 3.75. The molecule has 0 amide bonds. The van der Waals surface area contributed by atoms with Gasteiger partial charge in [-0.05, 0) is 29.6 Å². The second kappa shape index (κ2) is 5.74. The van der Waals surface area contributed by atoms with Gasteiger partial charge in [-0.15, -0.1) is 0 Å². The summed E-state index contributed by atoms with van der Waals surface area (Å²) in [7, 11) is 0. The van der Waals surface area contributed by atoms with Gasteiger partial charge in [0.15, 0.2) is 11.3 Å². The molecule has 4 rings (SSSR count). The highest BCUT2D eigenvalue weighted by Crippen LogP contribution is 2.29. The summed E-state index contributed by atoms with van der Waals surface area (Å²) in [6.07, 6.45) is 0. The van der Waals surface area contributed by atoms with Crippen LogP contribution in [0.5, 0.6) is 0 Å². The molecule has 5 nitrogen and oxygen atoms in total. The standard InChI is InChI=1S/C17H10ClN3O2S/c18-12-3-1-2-10(6-12)13-7-15(11-4-5-24-9-11)21-16(19-13)8-14(20-21)17(22)23/h1-9H,(H,22,23). The van der Waals surface area contributed by atoms with Gasteiger partial charge in [0.2, 0.25) is 0 Å². The lowest BCUT2D eigenvalue weighted by atomic mass is 10.1. The molecule has 0 radical (unpaired) electrons. The Morgan fingerprint density at radius 2 is 2.04 bits per heavy atom. The van der Waals surface area contributed by atoms with Crippen LogP contribution in [0.25, 0.3) is 28.2 Å². The van der Waals surface area contributed by atoms with E-state index in [0.29, 0.717) is 16.4 Å². The summed E-state index contributed by atoms with van der Waals surface area (Å²) in [5.74, 6) is -1.08. The molecule has 0 unspecified atom stereocenters. The molecule has 3 heterocycles. The average Bonchev–Trinajstić information content (AvgIpc) is 3.23. The van der Waals surface area contributed by atoms with Gasteiger partial charge in [0.1, 0.15) is 0 Å². The summed E-state index contributed by atoms with van der Waals surface area (Å²) in [6, 6.07) is 12.7. The largest absolute Gasteiger partial charge is 0.476 e. The number of aromatic nitrogens is 3. The number of fused-ring (bicyclic) bond motifs is 1. The molecule has 0 fully saturated rings. The normalized spacial score (nSPS) is 11.0. The number of carboxylic acid groups (broad SMARTS) is 1. The van der Waals surface area contributed by atoms with Crippen molar-refractivity contribution >= 4 is 34.6 Å². The molecule has 0 atom stereocenters. The van der Waals surface area contributed by atoms with Crippen LogP contribution in [0, 0.1) is 0 Å². The van der Waals surface area contributed by atoms with Crippen LogP contribution in [-0.2, 0) is 0 Å². The summed E-state index contributed by atoms with van der Waals surface area (Å²) in [6.45, 7) is 0. The molecule has 0 spiro atoms. The molecular formula is C17H10ClN3O2S. The monoisotopic (exact) mass is 355 g/mol. The molecule has 118 valence electrons. The number of carbonyl (C=O) groups is 1. The Morgan fingerprint density at radius 1 is 1.17 bits per heavy atom. The van der Waals surface area contributed by atoms with E-state index in [1.165, 1.54) is 6.07 Å². The van der Waals surface area contributed by atoms with Crippen molar-refractivity contribution in [2.24, 2.45) is 0 Å². The minimum atomic E-state index is -1.08. The fraction of sp³-hybridized carbons (Fsp3) is 0. The van der Waals surface area contributed by atoms with E-state index in [0.717, 1.165) is 16.8 Å². The van der Waals surface area contributed by atoms with Crippen LogP contribution in [0.15, 0.2) is 53.2 Å². The van der Waals surface area contributed by atoms with Gasteiger partial charge >= 0.3 is 5.97 Å². The Morgan fingerprint density at radius 3 is 2.75 bits per heavy atom. The molecule has 3 aromatic heterocycles. The number of hydrogen-bond donors (Lipinski definition) is 1. The van der Waals surface area contributed by atoms with Crippen molar-refractivity contribution in [1.29, 1.82) is 0 Å². The lowest BCUT2D eigenvalue weighted by Gasteiger charge is -2.07. The average molecular weight is 356 g/mol. The number of rotatable bonds is 3. The maximum absolute atomic E-state index is 11.2. The van der Waals surface area contributed by atoms with Crippen LogP contribution in [0.2, 0.25) is 5.02 Å². The van der Waals surface area contributed by atoms with Gasteiger partial charge in [0.25, 0.3) is 0 Å². The topological polar surface area (TPSA) is 67.5 Å². The zero-order valence-electron chi connectivity index (χ0n) is 12.2. The predicted octanol–water partition coefficient (Wildman–Crippen LogP) is 4.48. The lowest BCUT2D eigenvalue weighted by Crippen LogP contribution is -2.00. The predicted molar refractivity (Wildman–Crippen MR) is 93.7 cm³/mol. The van der Waals surface area contributed by atoms with Gasteiger partial charge in [0, 0.05) is 27.6 Å².